The van der Waals surface area contributed by atoms with Crippen LogP contribution in [-0.2, 0) is 0 Å². The molecule has 0 heterocycles. The third-order valence-corrected chi connectivity index (χ3v) is 4.51. The van der Waals surface area contributed by atoms with Crippen LogP contribution in [0.15, 0.2) is 12.1 Å². The normalized spacial score (nSPS) is 12.7. The molecule has 1 nitrogen and oxygen atoms in total. The smallest absolute Gasteiger partial charge is 0.0456 e. The molecule has 0 saturated carbocycles. The molecule has 0 saturated heterocycles. The van der Waals surface area contributed by atoms with Gasteiger partial charge in [0.1, 0.15) is 0 Å². The lowest BCUT2D eigenvalue weighted by molar-refractivity contribution is 0.498. The van der Waals surface area contributed by atoms with E-state index in [9.17, 15) is 0 Å². The fourth-order valence-electron chi connectivity index (χ4n) is 2.65. The van der Waals surface area contributed by atoms with Crippen LogP contribution in [0.1, 0.15) is 74.6 Å². The first kappa shape index (κ1) is 17.5. The Balaban J connectivity index is 2.52. The lowest BCUT2D eigenvalue weighted by atomic mass is 9.96. The van der Waals surface area contributed by atoms with E-state index in [1.54, 1.807) is 0 Å². The van der Waals surface area contributed by atoms with Crippen molar-refractivity contribution in [2.75, 3.05) is 7.05 Å². The molecule has 0 spiro atoms. The number of halogens is 1. The van der Waals surface area contributed by atoms with Crippen LogP contribution in [0, 0.1) is 13.8 Å². The minimum atomic E-state index is 0.382. The SMILES string of the molecule is CCCCCCCCC(NC)c1cc(C)c(C)cc1Cl. The highest BCUT2D eigenvalue weighted by Gasteiger charge is 2.13. The minimum Gasteiger partial charge on any atom is -0.313 e. The first-order valence-corrected chi connectivity index (χ1v) is 8.41. The standard InChI is InChI=1S/C18H30ClN/c1-5-6-7-8-9-10-11-18(20-4)16-12-14(2)15(3)13-17(16)19/h12-13,18,20H,5-11H2,1-4H3. The lowest BCUT2D eigenvalue weighted by Crippen LogP contribution is -2.17. The highest BCUT2D eigenvalue weighted by Crippen LogP contribution is 2.29. The van der Waals surface area contributed by atoms with Gasteiger partial charge in [0.15, 0.2) is 0 Å². The predicted molar refractivity (Wildman–Crippen MR) is 90.7 cm³/mol. The Hall–Kier alpha value is -0.530. The molecule has 1 aromatic rings. The Morgan fingerprint density at radius 1 is 1.00 bits per heavy atom. The van der Waals surface area contributed by atoms with Gasteiger partial charge in [0, 0.05) is 11.1 Å². The molecule has 0 radical (unpaired) electrons. The summed E-state index contributed by atoms with van der Waals surface area (Å²) in [4.78, 5) is 0. The van der Waals surface area contributed by atoms with E-state index in [0.29, 0.717) is 6.04 Å². The summed E-state index contributed by atoms with van der Waals surface area (Å²) >= 11 is 6.42. The van der Waals surface area contributed by atoms with Gasteiger partial charge in [0.05, 0.1) is 0 Å². The molecule has 2 heteroatoms. The van der Waals surface area contributed by atoms with Crippen LogP contribution < -0.4 is 5.32 Å². The van der Waals surface area contributed by atoms with Crippen LogP contribution in [-0.4, -0.2) is 7.05 Å². The van der Waals surface area contributed by atoms with Gasteiger partial charge in [-0.15, -0.1) is 0 Å². The van der Waals surface area contributed by atoms with E-state index in [1.807, 2.05) is 7.05 Å². The monoisotopic (exact) mass is 295 g/mol. The summed E-state index contributed by atoms with van der Waals surface area (Å²) in [5.74, 6) is 0. The van der Waals surface area contributed by atoms with Crippen LogP contribution in [0.4, 0.5) is 0 Å². The van der Waals surface area contributed by atoms with Crippen molar-refractivity contribution >= 4 is 11.6 Å². The fourth-order valence-corrected chi connectivity index (χ4v) is 3.00. The molecule has 0 aliphatic carbocycles. The van der Waals surface area contributed by atoms with Crippen molar-refractivity contribution in [2.45, 2.75) is 71.8 Å². The topological polar surface area (TPSA) is 12.0 Å². The van der Waals surface area contributed by atoms with Gasteiger partial charge < -0.3 is 5.32 Å². The molecule has 0 amide bonds. The fraction of sp³-hybridized carbons (Fsp3) is 0.667. The molecule has 1 rings (SSSR count). The van der Waals surface area contributed by atoms with Crippen molar-refractivity contribution in [3.63, 3.8) is 0 Å². The molecule has 1 N–H and O–H groups in total. The van der Waals surface area contributed by atoms with Gasteiger partial charge in [0.2, 0.25) is 0 Å². The maximum atomic E-state index is 6.42. The summed E-state index contributed by atoms with van der Waals surface area (Å²) in [5.41, 5.74) is 3.85. The maximum Gasteiger partial charge on any atom is 0.0456 e. The van der Waals surface area contributed by atoms with E-state index in [-0.39, 0.29) is 0 Å². The summed E-state index contributed by atoms with van der Waals surface area (Å²) < 4.78 is 0. The molecule has 1 atom stereocenters. The van der Waals surface area contributed by atoms with Crippen LogP contribution in [0.3, 0.4) is 0 Å². The number of hydrogen-bond donors (Lipinski definition) is 1. The van der Waals surface area contributed by atoms with Gasteiger partial charge in [-0.2, -0.15) is 0 Å². The molecule has 0 aliphatic heterocycles. The zero-order valence-corrected chi connectivity index (χ0v) is 14.3. The zero-order valence-electron chi connectivity index (χ0n) is 13.6. The van der Waals surface area contributed by atoms with Gasteiger partial charge in [-0.05, 0) is 50.1 Å². The van der Waals surface area contributed by atoms with E-state index < -0.39 is 0 Å². The zero-order chi connectivity index (χ0) is 15.0. The summed E-state index contributed by atoms with van der Waals surface area (Å²) in [6, 6.07) is 4.72. The highest BCUT2D eigenvalue weighted by molar-refractivity contribution is 6.31. The Bertz CT molecular complexity index is 401. The molecule has 0 aliphatic rings. The average molecular weight is 296 g/mol. The summed E-state index contributed by atoms with van der Waals surface area (Å²) in [6.07, 6.45) is 9.22. The lowest BCUT2D eigenvalue weighted by Gasteiger charge is -2.19. The van der Waals surface area contributed by atoms with Crippen molar-refractivity contribution < 1.29 is 0 Å². The molecular weight excluding hydrogens is 266 g/mol. The second-order valence-corrected chi connectivity index (χ2v) is 6.26. The number of benzene rings is 1. The largest absolute Gasteiger partial charge is 0.313 e. The Kier molecular flexibility index (Phi) is 8.25. The number of hydrogen-bond acceptors (Lipinski definition) is 1. The highest BCUT2D eigenvalue weighted by atomic mass is 35.5. The van der Waals surface area contributed by atoms with E-state index in [1.165, 1.54) is 61.6 Å². The van der Waals surface area contributed by atoms with Gasteiger partial charge in [-0.25, -0.2) is 0 Å². The molecule has 20 heavy (non-hydrogen) atoms. The van der Waals surface area contributed by atoms with Crippen molar-refractivity contribution in [2.24, 2.45) is 0 Å². The second-order valence-electron chi connectivity index (χ2n) is 5.86. The van der Waals surface area contributed by atoms with Crippen molar-refractivity contribution in [1.82, 2.24) is 5.32 Å². The molecule has 0 bridgehead atoms. The number of aryl methyl sites for hydroxylation is 2. The minimum absolute atomic E-state index is 0.382. The van der Waals surface area contributed by atoms with Crippen molar-refractivity contribution in [3.05, 3.63) is 33.8 Å². The summed E-state index contributed by atoms with van der Waals surface area (Å²) in [7, 11) is 2.03. The number of unbranched alkanes of at least 4 members (excludes halogenated alkanes) is 5. The van der Waals surface area contributed by atoms with Crippen LogP contribution in [0.25, 0.3) is 0 Å². The molecule has 0 aromatic heterocycles. The molecular formula is C18H30ClN. The van der Waals surface area contributed by atoms with E-state index in [2.05, 4.69) is 38.2 Å². The Morgan fingerprint density at radius 2 is 1.60 bits per heavy atom. The first-order valence-electron chi connectivity index (χ1n) is 8.04. The number of nitrogens with one attached hydrogen (secondary N) is 1. The second kappa shape index (κ2) is 9.41. The Labute approximate surface area is 130 Å². The molecule has 1 aromatic carbocycles. The third kappa shape index (κ3) is 5.46. The quantitative estimate of drug-likeness (QED) is 0.554. The summed E-state index contributed by atoms with van der Waals surface area (Å²) in [5, 5.41) is 4.32. The molecule has 0 fully saturated rings. The third-order valence-electron chi connectivity index (χ3n) is 4.18. The van der Waals surface area contributed by atoms with Crippen molar-refractivity contribution in [3.8, 4) is 0 Å². The summed E-state index contributed by atoms with van der Waals surface area (Å²) in [6.45, 7) is 6.54. The van der Waals surface area contributed by atoms with E-state index in [0.717, 1.165) is 5.02 Å². The maximum absolute atomic E-state index is 6.42. The first-order chi connectivity index (χ1) is 9.60. The van der Waals surface area contributed by atoms with E-state index >= 15 is 0 Å². The Morgan fingerprint density at radius 3 is 2.25 bits per heavy atom. The van der Waals surface area contributed by atoms with Gasteiger partial charge in [-0.3, -0.25) is 0 Å². The van der Waals surface area contributed by atoms with Gasteiger partial charge in [-0.1, -0.05) is 63.1 Å². The molecule has 1 unspecified atom stereocenters. The van der Waals surface area contributed by atoms with E-state index in [4.69, 9.17) is 11.6 Å². The van der Waals surface area contributed by atoms with Gasteiger partial charge >= 0.3 is 0 Å². The number of rotatable bonds is 9. The van der Waals surface area contributed by atoms with Gasteiger partial charge in [0.25, 0.3) is 0 Å². The van der Waals surface area contributed by atoms with Crippen LogP contribution in [0.2, 0.25) is 5.02 Å². The van der Waals surface area contributed by atoms with Crippen molar-refractivity contribution in [1.29, 1.82) is 0 Å². The molecule has 114 valence electrons. The van der Waals surface area contributed by atoms with Crippen LogP contribution in [0.5, 0.6) is 0 Å². The van der Waals surface area contributed by atoms with Crippen LogP contribution >= 0.6 is 11.6 Å². The predicted octanol–water partition coefficient (Wildman–Crippen LogP) is 5.97. The average Bonchev–Trinajstić information content (AvgIpc) is 2.43.